The molecule has 0 aliphatic rings. The molecule has 0 saturated heterocycles. The molecule has 0 saturated carbocycles. The van der Waals surface area contributed by atoms with Gasteiger partial charge < -0.3 is 10.1 Å². The summed E-state index contributed by atoms with van der Waals surface area (Å²) in [6.45, 7) is 0.459. The lowest BCUT2D eigenvalue weighted by molar-refractivity contribution is -0.140. The zero-order chi connectivity index (χ0) is 8.81. The Bertz CT molecular complexity index is 234. The average molecular weight is 171 g/mol. The minimum Gasteiger partial charge on any atom is -0.469 e. The maximum Gasteiger partial charge on any atom is 0.307 e. The van der Waals surface area contributed by atoms with Gasteiger partial charge in [-0.15, -0.1) is 0 Å². The summed E-state index contributed by atoms with van der Waals surface area (Å²) >= 11 is 0. The number of nitrogens with one attached hydrogen (secondary N) is 1. The number of methoxy groups -OCH3 is 1. The summed E-state index contributed by atoms with van der Waals surface area (Å²) in [5, 5.41) is 9.69. The van der Waals surface area contributed by atoms with Crippen molar-refractivity contribution in [1.29, 1.82) is 0 Å². The Morgan fingerprint density at radius 3 is 3.25 bits per heavy atom. The fraction of sp³-hybridized carbons (Fsp3) is 0.500. The van der Waals surface area contributed by atoms with Crippen molar-refractivity contribution in [2.45, 2.75) is 6.42 Å². The Hall–Kier alpha value is -1.59. The molecule has 1 N–H and O–H groups in total. The van der Waals surface area contributed by atoms with Crippen LogP contribution in [0.15, 0.2) is 10.8 Å². The molecule has 1 aromatic heterocycles. The topological polar surface area (TPSA) is 77.2 Å². The highest BCUT2D eigenvalue weighted by atomic mass is 16.6. The second kappa shape index (κ2) is 4.32. The molecule has 6 heteroatoms. The van der Waals surface area contributed by atoms with Gasteiger partial charge in [-0.25, -0.2) is 4.63 Å². The second-order valence-electron chi connectivity index (χ2n) is 2.05. The molecule has 0 aliphatic heterocycles. The third-order valence-corrected chi connectivity index (χ3v) is 1.22. The predicted molar refractivity (Wildman–Crippen MR) is 39.4 cm³/mol. The van der Waals surface area contributed by atoms with Crippen molar-refractivity contribution < 1.29 is 14.2 Å². The quantitative estimate of drug-likeness (QED) is 0.644. The molecular weight excluding hydrogens is 162 g/mol. The highest BCUT2D eigenvalue weighted by Gasteiger charge is 2.00. The molecule has 0 atom stereocenters. The maximum absolute atomic E-state index is 10.6. The SMILES string of the molecule is COC(=O)CCNc1cnon1. The van der Waals surface area contributed by atoms with Crippen LogP contribution in [0.25, 0.3) is 0 Å². The smallest absolute Gasteiger partial charge is 0.307 e. The molecule has 66 valence electrons. The summed E-state index contributed by atoms with van der Waals surface area (Å²) in [6.07, 6.45) is 1.72. The molecular formula is C6H9N3O3. The van der Waals surface area contributed by atoms with Gasteiger partial charge in [0.1, 0.15) is 6.20 Å². The molecule has 0 radical (unpaired) electrons. The van der Waals surface area contributed by atoms with E-state index >= 15 is 0 Å². The molecule has 0 amide bonds. The maximum atomic E-state index is 10.6. The number of anilines is 1. The fourth-order valence-electron chi connectivity index (χ4n) is 0.637. The number of rotatable bonds is 4. The Morgan fingerprint density at radius 1 is 1.83 bits per heavy atom. The van der Waals surface area contributed by atoms with Crippen LogP contribution >= 0.6 is 0 Å². The Morgan fingerprint density at radius 2 is 2.67 bits per heavy atom. The predicted octanol–water partition coefficient (Wildman–Crippen LogP) is 0.0446. The molecule has 0 aromatic carbocycles. The molecule has 1 aromatic rings. The van der Waals surface area contributed by atoms with E-state index in [1.54, 1.807) is 0 Å². The van der Waals surface area contributed by atoms with E-state index in [1.165, 1.54) is 13.3 Å². The van der Waals surface area contributed by atoms with Crippen LogP contribution in [0.5, 0.6) is 0 Å². The van der Waals surface area contributed by atoms with E-state index in [9.17, 15) is 4.79 Å². The number of hydrogen-bond donors (Lipinski definition) is 1. The number of carbonyl (C=O) groups excluding carboxylic acids is 1. The highest BCUT2D eigenvalue weighted by molar-refractivity contribution is 5.69. The molecule has 0 bridgehead atoms. The lowest BCUT2D eigenvalue weighted by atomic mass is 10.4. The summed E-state index contributed by atoms with van der Waals surface area (Å²) in [7, 11) is 1.35. The van der Waals surface area contributed by atoms with Crippen LogP contribution < -0.4 is 5.32 Å². The van der Waals surface area contributed by atoms with Crippen LogP contribution in [-0.2, 0) is 9.53 Å². The number of aromatic nitrogens is 2. The first-order valence-electron chi connectivity index (χ1n) is 3.41. The molecule has 0 spiro atoms. The number of nitrogens with zero attached hydrogens (tertiary/aromatic N) is 2. The van der Waals surface area contributed by atoms with Crippen LogP contribution in [-0.4, -0.2) is 29.9 Å². The average Bonchev–Trinajstić information content (AvgIpc) is 2.57. The van der Waals surface area contributed by atoms with E-state index in [0.29, 0.717) is 18.8 Å². The van der Waals surface area contributed by atoms with E-state index in [-0.39, 0.29) is 5.97 Å². The van der Waals surface area contributed by atoms with Gasteiger partial charge in [0.25, 0.3) is 0 Å². The standard InChI is InChI=1S/C6H9N3O3/c1-11-6(10)2-3-7-5-4-8-12-9-5/h4H,2-3H2,1H3,(H,7,9). The summed E-state index contributed by atoms with van der Waals surface area (Å²) in [5.41, 5.74) is 0. The molecule has 0 unspecified atom stereocenters. The van der Waals surface area contributed by atoms with E-state index in [1.807, 2.05) is 0 Å². The summed E-state index contributed by atoms with van der Waals surface area (Å²) in [4.78, 5) is 10.6. The number of hydrogen-bond acceptors (Lipinski definition) is 6. The highest BCUT2D eigenvalue weighted by Crippen LogP contribution is 1.97. The number of ether oxygens (including phenoxy) is 1. The summed E-state index contributed by atoms with van der Waals surface area (Å²) in [6, 6.07) is 0. The summed E-state index contributed by atoms with van der Waals surface area (Å²) in [5.74, 6) is 0.248. The molecule has 12 heavy (non-hydrogen) atoms. The zero-order valence-corrected chi connectivity index (χ0v) is 6.61. The van der Waals surface area contributed by atoms with Gasteiger partial charge >= 0.3 is 5.97 Å². The zero-order valence-electron chi connectivity index (χ0n) is 6.61. The Kier molecular flexibility index (Phi) is 3.06. The minimum atomic E-state index is -0.265. The van der Waals surface area contributed by atoms with Crippen molar-refractivity contribution in [2.75, 3.05) is 19.0 Å². The van der Waals surface area contributed by atoms with Gasteiger partial charge in [0.15, 0.2) is 5.82 Å². The van der Waals surface area contributed by atoms with Gasteiger partial charge in [-0.1, -0.05) is 5.16 Å². The van der Waals surface area contributed by atoms with E-state index in [4.69, 9.17) is 0 Å². The summed E-state index contributed by atoms with van der Waals surface area (Å²) < 4.78 is 8.75. The van der Waals surface area contributed by atoms with Crippen molar-refractivity contribution in [1.82, 2.24) is 10.3 Å². The van der Waals surface area contributed by atoms with Gasteiger partial charge in [0, 0.05) is 6.54 Å². The molecule has 6 nitrogen and oxygen atoms in total. The first-order valence-corrected chi connectivity index (χ1v) is 3.41. The number of esters is 1. The number of carbonyl (C=O) groups is 1. The van der Waals surface area contributed by atoms with Crippen LogP contribution in [0.2, 0.25) is 0 Å². The second-order valence-corrected chi connectivity index (χ2v) is 2.05. The first-order chi connectivity index (χ1) is 5.83. The third-order valence-electron chi connectivity index (χ3n) is 1.22. The first kappa shape index (κ1) is 8.51. The van der Waals surface area contributed by atoms with Crippen molar-refractivity contribution in [3.8, 4) is 0 Å². The van der Waals surface area contributed by atoms with Crippen molar-refractivity contribution in [3.05, 3.63) is 6.20 Å². The minimum absolute atomic E-state index is 0.265. The van der Waals surface area contributed by atoms with Crippen LogP contribution in [0, 0.1) is 0 Å². The molecule has 1 heterocycles. The third kappa shape index (κ3) is 2.57. The Labute approximate surface area is 68.9 Å². The van der Waals surface area contributed by atoms with E-state index in [0.717, 1.165) is 0 Å². The van der Waals surface area contributed by atoms with Gasteiger partial charge in [0.05, 0.1) is 13.5 Å². The van der Waals surface area contributed by atoms with Gasteiger partial charge in [-0.05, 0) is 5.16 Å². The molecule has 0 fully saturated rings. The van der Waals surface area contributed by atoms with Crippen LogP contribution in [0.4, 0.5) is 5.82 Å². The van der Waals surface area contributed by atoms with Crippen LogP contribution in [0.1, 0.15) is 6.42 Å². The largest absolute Gasteiger partial charge is 0.469 e. The van der Waals surface area contributed by atoms with E-state index in [2.05, 4.69) is 25.0 Å². The van der Waals surface area contributed by atoms with Crippen molar-refractivity contribution in [3.63, 3.8) is 0 Å². The van der Waals surface area contributed by atoms with Crippen molar-refractivity contribution in [2.24, 2.45) is 0 Å². The Balaban J connectivity index is 2.15. The lowest BCUT2D eigenvalue weighted by Crippen LogP contribution is -2.09. The normalized spacial score (nSPS) is 9.42. The fourth-order valence-corrected chi connectivity index (χ4v) is 0.637. The van der Waals surface area contributed by atoms with Gasteiger partial charge in [-0.3, -0.25) is 4.79 Å². The van der Waals surface area contributed by atoms with E-state index < -0.39 is 0 Å². The molecule has 0 aliphatic carbocycles. The van der Waals surface area contributed by atoms with Gasteiger partial charge in [0.2, 0.25) is 0 Å². The van der Waals surface area contributed by atoms with Gasteiger partial charge in [-0.2, -0.15) is 0 Å². The van der Waals surface area contributed by atoms with Crippen LogP contribution in [0.3, 0.4) is 0 Å². The molecule has 1 rings (SSSR count). The lowest BCUT2D eigenvalue weighted by Gasteiger charge is -1.98. The monoisotopic (exact) mass is 171 g/mol. The van der Waals surface area contributed by atoms with Crippen molar-refractivity contribution >= 4 is 11.8 Å².